The summed E-state index contributed by atoms with van der Waals surface area (Å²) in [6.45, 7) is 8.63. The van der Waals surface area contributed by atoms with E-state index in [1.165, 1.54) is 11.8 Å². The van der Waals surface area contributed by atoms with Crippen molar-refractivity contribution in [3.05, 3.63) is 0 Å². The minimum absolute atomic E-state index is 0.0636. The second-order valence-electron chi connectivity index (χ2n) is 4.50. The topological polar surface area (TPSA) is 63.4 Å². The Labute approximate surface area is 91.8 Å². The Hall–Kier alpha value is -1.06. The van der Waals surface area contributed by atoms with Gasteiger partial charge in [0, 0.05) is 13.5 Å². The van der Waals surface area contributed by atoms with Crippen molar-refractivity contribution in [2.75, 3.05) is 6.54 Å². The smallest absolute Gasteiger partial charge is 0.240 e. The number of likely N-dealkylation sites (tertiary alicyclic amines) is 1. The third kappa shape index (κ3) is 5.40. The summed E-state index contributed by atoms with van der Waals surface area (Å²) in [5.74, 6) is 0.379. The van der Waals surface area contributed by atoms with Crippen LogP contribution in [-0.2, 0) is 9.59 Å². The Morgan fingerprint density at radius 2 is 1.80 bits per heavy atom. The van der Waals surface area contributed by atoms with Gasteiger partial charge in [0.05, 0.1) is 0 Å². The van der Waals surface area contributed by atoms with Gasteiger partial charge in [-0.2, -0.15) is 0 Å². The minimum atomic E-state index is -0.391. The van der Waals surface area contributed by atoms with Gasteiger partial charge in [-0.05, 0) is 18.8 Å². The Balaban J connectivity index is 0.000000423. The Morgan fingerprint density at radius 3 is 2.07 bits per heavy atom. The largest absolute Gasteiger partial charge is 0.368 e. The van der Waals surface area contributed by atoms with Crippen molar-refractivity contribution in [2.45, 2.75) is 46.6 Å². The molecule has 0 aromatic heterocycles. The van der Waals surface area contributed by atoms with Gasteiger partial charge in [-0.25, -0.2) is 0 Å². The van der Waals surface area contributed by atoms with E-state index in [0.29, 0.717) is 6.54 Å². The standard InChI is InChI=1S/C7H12N2O2.C4H10/c1-5(10)9-4-2-3-6(9)7(8)11;1-4(2)3/h6H,2-4H2,1H3,(H2,8,11);4H,1-3H3/t6-;/m0./s1. The molecule has 1 atom stereocenters. The van der Waals surface area contributed by atoms with Gasteiger partial charge in [-0.1, -0.05) is 20.8 Å². The van der Waals surface area contributed by atoms with Crippen LogP contribution in [0.5, 0.6) is 0 Å². The highest BCUT2D eigenvalue weighted by Crippen LogP contribution is 2.16. The highest BCUT2D eigenvalue weighted by Gasteiger charge is 2.30. The summed E-state index contributed by atoms with van der Waals surface area (Å²) in [7, 11) is 0. The van der Waals surface area contributed by atoms with Gasteiger partial charge in [0.2, 0.25) is 11.8 Å². The van der Waals surface area contributed by atoms with Gasteiger partial charge in [-0.15, -0.1) is 0 Å². The molecule has 1 aliphatic rings. The summed E-state index contributed by atoms with van der Waals surface area (Å²) < 4.78 is 0. The molecule has 2 amide bonds. The monoisotopic (exact) mass is 214 g/mol. The van der Waals surface area contributed by atoms with E-state index < -0.39 is 5.91 Å². The first-order valence-electron chi connectivity index (χ1n) is 5.42. The van der Waals surface area contributed by atoms with Crippen LogP contribution in [0.2, 0.25) is 0 Å². The van der Waals surface area contributed by atoms with Gasteiger partial charge in [0.1, 0.15) is 6.04 Å². The molecule has 0 radical (unpaired) electrons. The predicted octanol–water partition coefficient (Wildman–Crippen LogP) is 1.14. The van der Waals surface area contributed by atoms with Gasteiger partial charge >= 0.3 is 0 Å². The second kappa shape index (κ2) is 6.43. The molecule has 0 aliphatic carbocycles. The molecule has 88 valence electrons. The van der Waals surface area contributed by atoms with E-state index in [2.05, 4.69) is 20.8 Å². The van der Waals surface area contributed by atoms with Crippen LogP contribution < -0.4 is 5.73 Å². The van der Waals surface area contributed by atoms with Crippen molar-refractivity contribution in [3.8, 4) is 0 Å². The number of nitrogens with zero attached hydrogens (tertiary/aromatic N) is 1. The van der Waals surface area contributed by atoms with Crippen LogP contribution in [0.15, 0.2) is 0 Å². The fraction of sp³-hybridized carbons (Fsp3) is 0.818. The van der Waals surface area contributed by atoms with Gasteiger partial charge in [0.25, 0.3) is 0 Å². The SMILES string of the molecule is CC(=O)N1CCC[C@H]1C(N)=O.CC(C)C. The third-order valence-electron chi connectivity index (χ3n) is 1.99. The summed E-state index contributed by atoms with van der Waals surface area (Å²) in [6.07, 6.45) is 1.60. The zero-order valence-electron chi connectivity index (χ0n) is 10.1. The van der Waals surface area contributed by atoms with Crippen LogP contribution in [0.4, 0.5) is 0 Å². The molecule has 0 spiro atoms. The first-order chi connectivity index (χ1) is 6.86. The number of hydrogen-bond donors (Lipinski definition) is 1. The lowest BCUT2D eigenvalue weighted by atomic mass is 10.2. The van der Waals surface area contributed by atoms with Crippen LogP contribution >= 0.6 is 0 Å². The molecule has 1 heterocycles. The van der Waals surface area contributed by atoms with Gasteiger partial charge in [-0.3, -0.25) is 9.59 Å². The van der Waals surface area contributed by atoms with Crippen molar-refractivity contribution in [3.63, 3.8) is 0 Å². The summed E-state index contributed by atoms with van der Waals surface area (Å²) in [6, 6.07) is -0.354. The maximum atomic E-state index is 10.9. The molecular formula is C11H22N2O2. The molecule has 1 saturated heterocycles. The first-order valence-corrected chi connectivity index (χ1v) is 5.42. The van der Waals surface area contributed by atoms with E-state index in [-0.39, 0.29) is 11.9 Å². The minimum Gasteiger partial charge on any atom is -0.368 e. The number of carbonyl (C=O) groups is 2. The van der Waals surface area contributed by atoms with E-state index >= 15 is 0 Å². The fourth-order valence-electron chi connectivity index (χ4n) is 1.44. The molecule has 0 bridgehead atoms. The van der Waals surface area contributed by atoms with Crippen molar-refractivity contribution >= 4 is 11.8 Å². The number of hydrogen-bond acceptors (Lipinski definition) is 2. The van der Waals surface area contributed by atoms with E-state index in [9.17, 15) is 9.59 Å². The number of nitrogens with two attached hydrogens (primary N) is 1. The van der Waals surface area contributed by atoms with Crippen LogP contribution in [0.1, 0.15) is 40.5 Å². The lowest BCUT2D eigenvalue weighted by Gasteiger charge is -2.19. The summed E-state index contributed by atoms with van der Waals surface area (Å²) in [4.78, 5) is 23.2. The van der Waals surface area contributed by atoms with Crippen molar-refractivity contribution in [1.82, 2.24) is 4.90 Å². The zero-order chi connectivity index (χ0) is 12.0. The van der Waals surface area contributed by atoms with E-state index in [1.807, 2.05) is 0 Å². The maximum absolute atomic E-state index is 10.9. The Kier molecular flexibility index (Phi) is 5.97. The fourth-order valence-corrected chi connectivity index (χ4v) is 1.44. The quantitative estimate of drug-likeness (QED) is 0.711. The Bertz CT molecular complexity index is 204. The lowest BCUT2D eigenvalue weighted by Crippen LogP contribution is -2.42. The van der Waals surface area contributed by atoms with Gasteiger partial charge < -0.3 is 10.6 Å². The number of primary amides is 1. The molecule has 4 heteroatoms. The van der Waals surface area contributed by atoms with Gasteiger partial charge in [0.15, 0.2) is 0 Å². The normalized spacial score (nSPS) is 19.8. The highest BCUT2D eigenvalue weighted by molar-refractivity contribution is 5.86. The molecule has 1 aliphatic heterocycles. The molecule has 2 N–H and O–H groups in total. The summed E-state index contributed by atoms with van der Waals surface area (Å²) >= 11 is 0. The van der Waals surface area contributed by atoms with Crippen LogP contribution in [-0.4, -0.2) is 29.3 Å². The number of carbonyl (C=O) groups excluding carboxylic acids is 2. The summed E-state index contributed by atoms with van der Waals surface area (Å²) in [5.41, 5.74) is 5.09. The zero-order valence-corrected chi connectivity index (χ0v) is 10.1. The van der Waals surface area contributed by atoms with Crippen molar-refractivity contribution < 1.29 is 9.59 Å². The van der Waals surface area contributed by atoms with E-state index in [0.717, 1.165) is 18.8 Å². The molecule has 1 rings (SSSR count). The predicted molar refractivity (Wildman–Crippen MR) is 60.1 cm³/mol. The van der Waals surface area contributed by atoms with E-state index in [4.69, 9.17) is 5.73 Å². The lowest BCUT2D eigenvalue weighted by molar-refractivity contribution is -0.135. The molecule has 15 heavy (non-hydrogen) atoms. The maximum Gasteiger partial charge on any atom is 0.240 e. The van der Waals surface area contributed by atoms with E-state index in [1.54, 1.807) is 0 Å². The molecule has 0 aromatic rings. The summed E-state index contributed by atoms with van der Waals surface area (Å²) in [5, 5.41) is 0. The molecule has 4 nitrogen and oxygen atoms in total. The number of rotatable bonds is 1. The second-order valence-corrected chi connectivity index (χ2v) is 4.50. The molecular weight excluding hydrogens is 192 g/mol. The average Bonchev–Trinajstić information content (AvgIpc) is 2.49. The molecule has 0 saturated carbocycles. The average molecular weight is 214 g/mol. The molecule has 1 fully saturated rings. The molecule has 0 aromatic carbocycles. The first kappa shape index (κ1) is 13.9. The Morgan fingerprint density at radius 1 is 1.33 bits per heavy atom. The number of amides is 2. The highest BCUT2D eigenvalue weighted by atomic mass is 16.2. The van der Waals surface area contributed by atoms with Crippen LogP contribution in [0, 0.1) is 5.92 Å². The molecule has 0 unspecified atom stereocenters. The third-order valence-corrected chi connectivity index (χ3v) is 1.99. The van der Waals surface area contributed by atoms with Crippen molar-refractivity contribution in [2.24, 2.45) is 11.7 Å². The van der Waals surface area contributed by atoms with Crippen molar-refractivity contribution in [1.29, 1.82) is 0 Å². The van der Waals surface area contributed by atoms with Crippen LogP contribution in [0.3, 0.4) is 0 Å². The van der Waals surface area contributed by atoms with Crippen LogP contribution in [0.25, 0.3) is 0 Å².